The normalized spacial score (nSPS) is 15.1. The van der Waals surface area contributed by atoms with Gasteiger partial charge in [-0.2, -0.15) is 0 Å². The van der Waals surface area contributed by atoms with E-state index in [-0.39, 0.29) is 73.5 Å². The maximum atomic E-state index is 10.2. The molecule has 0 unspecified atom stereocenters. The van der Waals surface area contributed by atoms with Gasteiger partial charge in [-0.3, -0.25) is 0 Å². The fourth-order valence-corrected chi connectivity index (χ4v) is 16.8. The van der Waals surface area contributed by atoms with Crippen LogP contribution in [0.15, 0.2) is 279 Å². The fourth-order valence-electron chi connectivity index (χ4n) is 16.8. The van der Waals surface area contributed by atoms with E-state index in [0.29, 0.717) is 11.1 Å². The second-order valence-electron chi connectivity index (χ2n) is 33.9. The molecule has 13 aromatic carbocycles. The molecule has 2 heterocycles. The van der Waals surface area contributed by atoms with Gasteiger partial charge in [0, 0.05) is 39.4 Å². The summed E-state index contributed by atoms with van der Waals surface area (Å²) >= 11 is 0. The van der Waals surface area contributed by atoms with E-state index in [4.69, 9.17) is 0 Å². The third kappa shape index (κ3) is 10.3. The van der Waals surface area contributed by atoms with Crippen molar-refractivity contribution in [3.63, 3.8) is 0 Å². The smallest absolute Gasteiger partial charge is 0.252 e. The molecule has 102 heavy (non-hydrogen) atoms. The molecule has 0 radical (unpaired) electrons. The Kier molecular flexibility index (Phi) is 12.8. The van der Waals surface area contributed by atoms with Crippen molar-refractivity contribution in [2.45, 2.75) is 136 Å². The van der Waals surface area contributed by atoms with Gasteiger partial charge in [0.25, 0.3) is 6.71 Å². The van der Waals surface area contributed by atoms with Crippen molar-refractivity contribution < 1.29 is 11.0 Å². The Morgan fingerprint density at radius 1 is 0.275 bits per heavy atom. The highest BCUT2D eigenvalue weighted by molar-refractivity contribution is 7.00. The third-order valence-corrected chi connectivity index (χ3v) is 22.2. The fraction of sp³-hybridized carbons (Fsp3) is 0.212. The Morgan fingerprint density at radius 2 is 0.725 bits per heavy atom. The lowest BCUT2D eigenvalue weighted by atomic mass is 9.33. The topological polar surface area (TPSA) is 6.48 Å². The van der Waals surface area contributed by atoms with E-state index in [9.17, 15) is 11.0 Å². The minimum atomic E-state index is -1.65. The minimum Gasteiger partial charge on any atom is -0.311 e. The Labute approximate surface area is 617 Å². The van der Waals surface area contributed by atoms with Crippen LogP contribution < -0.4 is 26.2 Å². The van der Waals surface area contributed by atoms with Crippen LogP contribution in [0.3, 0.4) is 0 Å². The monoisotopic (exact) mass is 1330 g/mol. The van der Waals surface area contributed by atoms with Crippen LogP contribution >= 0.6 is 0 Å². The van der Waals surface area contributed by atoms with Crippen molar-refractivity contribution in [1.29, 1.82) is 0 Å². The molecule has 0 saturated heterocycles. The molecule has 0 fully saturated rings. The van der Waals surface area contributed by atoms with Crippen LogP contribution in [-0.4, -0.2) is 6.71 Å². The predicted octanol–water partition coefficient (Wildman–Crippen LogP) is 24.9. The highest BCUT2D eigenvalue weighted by Crippen LogP contribution is 2.65. The van der Waals surface area contributed by atoms with Crippen LogP contribution in [-0.2, 0) is 32.5 Å². The summed E-state index contributed by atoms with van der Waals surface area (Å²) < 4.78 is 77.5. The molecular weight excluding hydrogens is 1230 g/mol. The number of fused-ring (bicyclic) bond motifs is 14. The lowest BCUT2D eigenvalue weighted by molar-refractivity contribution is 0.569. The van der Waals surface area contributed by atoms with Gasteiger partial charge in [0.05, 0.1) is 27.8 Å². The van der Waals surface area contributed by atoms with Gasteiger partial charge in [-0.1, -0.05) is 334 Å². The number of hydrogen-bond acceptors (Lipinski definition) is 2. The molecule has 500 valence electrons. The van der Waals surface area contributed by atoms with Gasteiger partial charge in [-0.05, 0) is 203 Å². The summed E-state index contributed by atoms with van der Waals surface area (Å²) in [5, 5.41) is 0. The van der Waals surface area contributed by atoms with Crippen LogP contribution in [0.5, 0.6) is 0 Å². The maximum absolute atomic E-state index is 10.2. The zero-order valence-electron chi connectivity index (χ0n) is 69.4. The van der Waals surface area contributed by atoms with Crippen molar-refractivity contribution in [2.24, 2.45) is 0 Å². The van der Waals surface area contributed by atoms with Crippen molar-refractivity contribution in [2.75, 3.05) is 9.80 Å². The van der Waals surface area contributed by atoms with Gasteiger partial charge in [-0.25, -0.2) is 0 Å². The van der Waals surface area contributed by atoms with Crippen LogP contribution in [0.1, 0.15) is 165 Å². The lowest BCUT2D eigenvalue weighted by Gasteiger charge is -2.46. The van der Waals surface area contributed by atoms with E-state index in [1.165, 1.54) is 27.8 Å². The number of rotatable bonds is 7. The summed E-state index contributed by atoms with van der Waals surface area (Å²) in [6.07, 6.45) is 0. The molecule has 0 amide bonds. The predicted molar refractivity (Wildman–Crippen MR) is 437 cm³/mol. The van der Waals surface area contributed by atoms with E-state index in [1.807, 2.05) is 24.3 Å². The summed E-state index contributed by atoms with van der Waals surface area (Å²) in [7, 11) is 0. The molecular formula is C99H91BN2. The average molecular weight is 1330 g/mol. The zero-order valence-corrected chi connectivity index (χ0v) is 61.4. The van der Waals surface area contributed by atoms with Gasteiger partial charge in [0.1, 0.15) is 0 Å². The SMILES string of the molecule is [2H]c1c([2H])c([2H])c2c(c1[2H])-c1c([2H])c([2H])c([2H])c([2H])c1C21c2ccccc2-c2cccc(-c3ccc4c(c3)B3c5ccc(C(C)(C)C)cc5N(c5ccc(C(C)(C)C)cc5-c5ccccc5)c5cc(-c6cc(C(C)(C)C)cc(C(C)(C)C)c6)cc(c53)N4c3c(-c4ccccc4)cc(C(C)(C)C)cc3-c3ccccc3)c21. The van der Waals surface area contributed by atoms with Crippen LogP contribution in [0.2, 0.25) is 0 Å². The molecule has 2 nitrogen and oxygen atoms in total. The first kappa shape index (κ1) is 56.2. The first-order valence-corrected chi connectivity index (χ1v) is 36.3. The third-order valence-electron chi connectivity index (χ3n) is 22.2. The zero-order chi connectivity index (χ0) is 77.7. The van der Waals surface area contributed by atoms with Gasteiger partial charge in [-0.15, -0.1) is 0 Å². The standard InChI is InChI=1S/C99H91BN2/c1-94(2,3)68-48-51-86(78(58-68)62-32-19-16-20-33-62)101-88-61-69(95(4,5)6)47-49-84(88)100-85-54-65(73-41-31-42-77-76-40-27-30-45-83(76)99(91(73)77)81-43-28-25-38-74(81)75-39-26-29-44-82(75)99)46-50-87(85)102(90-56-67(55-89(101)92(90)100)66-52-70(96(7,8)9)57-71(53-66)97(10,11)12)93-79(63-34-21-17-22-35-63)59-72(98(13,14)15)60-80(93)64-36-23-18-24-37-64/h16-61H,1-15H3/i25D,26D,28D,29D,38D,39D,43D,44D. The molecule has 0 aromatic heterocycles. The van der Waals surface area contributed by atoms with Crippen molar-refractivity contribution >= 4 is 57.2 Å². The second-order valence-corrected chi connectivity index (χ2v) is 33.9. The van der Waals surface area contributed by atoms with E-state index in [0.717, 1.165) is 117 Å². The van der Waals surface area contributed by atoms with Crippen LogP contribution in [0.25, 0.3) is 77.9 Å². The average Bonchev–Trinajstić information content (AvgIpc) is 1.53. The Balaban J connectivity index is 1.07. The van der Waals surface area contributed by atoms with Gasteiger partial charge < -0.3 is 9.80 Å². The number of anilines is 6. The molecule has 1 spiro atoms. The van der Waals surface area contributed by atoms with Crippen molar-refractivity contribution in [3.05, 3.63) is 329 Å². The molecule has 13 aromatic rings. The highest BCUT2D eigenvalue weighted by Gasteiger charge is 2.53. The molecule has 3 heteroatoms. The molecule has 4 aliphatic rings. The van der Waals surface area contributed by atoms with Crippen molar-refractivity contribution in [1.82, 2.24) is 0 Å². The lowest BCUT2D eigenvalue weighted by Crippen LogP contribution is -2.61. The van der Waals surface area contributed by atoms with Gasteiger partial charge in [0.2, 0.25) is 0 Å². The first-order chi connectivity index (χ1) is 52.1. The molecule has 0 atom stereocenters. The number of nitrogens with zero attached hydrogens (tertiary/aromatic N) is 2. The number of hydrogen-bond donors (Lipinski definition) is 0. The van der Waals surface area contributed by atoms with Crippen molar-refractivity contribution in [3.8, 4) is 77.9 Å². The summed E-state index contributed by atoms with van der Waals surface area (Å²) in [6.45, 7) is 34.2. The summed E-state index contributed by atoms with van der Waals surface area (Å²) in [6, 6.07) is 82.1. The molecule has 0 N–H and O–H groups in total. The maximum Gasteiger partial charge on any atom is 0.252 e. The number of benzene rings is 13. The Morgan fingerprint density at radius 3 is 1.29 bits per heavy atom. The van der Waals surface area contributed by atoms with E-state index >= 15 is 0 Å². The Bertz CT molecular complexity index is 5880. The summed E-state index contributed by atoms with van der Waals surface area (Å²) in [5.41, 5.74) is 26.5. The van der Waals surface area contributed by atoms with Crippen LogP contribution in [0.4, 0.5) is 34.1 Å². The molecule has 2 aliphatic heterocycles. The molecule has 0 saturated carbocycles. The van der Waals surface area contributed by atoms with Gasteiger partial charge >= 0.3 is 0 Å². The first-order valence-electron chi connectivity index (χ1n) is 40.3. The highest BCUT2D eigenvalue weighted by atomic mass is 15.2. The van der Waals surface area contributed by atoms with Crippen LogP contribution in [0, 0.1) is 0 Å². The van der Waals surface area contributed by atoms with E-state index < -0.39 is 36.3 Å². The van der Waals surface area contributed by atoms with E-state index in [1.54, 1.807) is 0 Å². The molecule has 0 bridgehead atoms. The quantitative estimate of drug-likeness (QED) is 0.147. The second kappa shape index (κ2) is 23.3. The van der Waals surface area contributed by atoms with E-state index in [2.05, 4.69) is 320 Å². The minimum absolute atomic E-state index is 0.0854. The summed E-state index contributed by atoms with van der Waals surface area (Å²) in [4.78, 5) is 5.20. The molecule has 2 aliphatic carbocycles. The summed E-state index contributed by atoms with van der Waals surface area (Å²) in [5.74, 6) is 0. The van der Waals surface area contributed by atoms with Gasteiger partial charge in [0.15, 0.2) is 0 Å². The Hall–Kier alpha value is -10.5. The molecule has 17 rings (SSSR count). The largest absolute Gasteiger partial charge is 0.311 e.